The van der Waals surface area contributed by atoms with Gasteiger partial charge in [0, 0.05) is 26.1 Å². The van der Waals surface area contributed by atoms with Crippen molar-refractivity contribution in [1.82, 2.24) is 9.78 Å². The first-order chi connectivity index (χ1) is 7.45. The van der Waals surface area contributed by atoms with Crippen LogP contribution >= 0.6 is 0 Å². The maximum atomic E-state index is 12.2. The summed E-state index contributed by atoms with van der Waals surface area (Å²) < 4.78 is 1.72. The van der Waals surface area contributed by atoms with Crippen LogP contribution < -0.4 is 10.2 Å². The normalized spacial score (nSPS) is 19.2. The van der Waals surface area contributed by atoms with Gasteiger partial charge in [-0.05, 0) is 6.42 Å². The molecule has 1 saturated heterocycles. The molecule has 0 saturated carbocycles. The van der Waals surface area contributed by atoms with Crippen LogP contribution in [0.25, 0.3) is 0 Å². The van der Waals surface area contributed by atoms with Crippen LogP contribution in [0.4, 0.5) is 11.5 Å². The Morgan fingerprint density at radius 2 is 2.19 bits per heavy atom. The number of carbonyl (C=O) groups excluding carboxylic acids is 1. The summed E-state index contributed by atoms with van der Waals surface area (Å²) in [7, 11) is 3.70. The fourth-order valence-electron chi connectivity index (χ4n) is 2.02. The van der Waals surface area contributed by atoms with Crippen molar-refractivity contribution >= 4 is 17.4 Å². The minimum atomic E-state index is -0.261. The summed E-state index contributed by atoms with van der Waals surface area (Å²) in [6.45, 7) is 4.71. The fraction of sp³-hybridized carbons (Fsp3) is 0.636. The molecule has 1 aliphatic rings. The molecule has 0 spiro atoms. The number of nitrogens with zero attached hydrogens (tertiary/aromatic N) is 3. The highest BCUT2D eigenvalue weighted by atomic mass is 16.2. The first-order valence-corrected chi connectivity index (χ1v) is 5.49. The van der Waals surface area contributed by atoms with Crippen molar-refractivity contribution in [3.05, 3.63) is 6.20 Å². The average Bonchev–Trinajstić information content (AvgIpc) is 2.70. The lowest BCUT2D eigenvalue weighted by Crippen LogP contribution is -2.31. The maximum Gasteiger partial charge on any atom is 0.233 e. The van der Waals surface area contributed by atoms with Crippen molar-refractivity contribution in [3.63, 3.8) is 0 Å². The molecule has 2 heterocycles. The Kier molecular flexibility index (Phi) is 2.40. The third kappa shape index (κ3) is 1.56. The predicted molar refractivity (Wildman–Crippen MR) is 63.5 cm³/mol. The van der Waals surface area contributed by atoms with Crippen molar-refractivity contribution in [3.8, 4) is 0 Å². The summed E-state index contributed by atoms with van der Waals surface area (Å²) in [5, 5.41) is 7.40. The zero-order valence-corrected chi connectivity index (χ0v) is 10.2. The van der Waals surface area contributed by atoms with Gasteiger partial charge in [0.2, 0.25) is 5.91 Å². The Balaban J connectivity index is 2.35. The van der Waals surface area contributed by atoms with E-state index in [2.05, 4.69) is 10.4 Å². The number of carbonyl (C=O) groups is 1. The second-order valence-corrected chi connectivity index (χ2v) is 4.88. The SMILES string of the molecule is CNc1cn(C)nc1N1CCC(C)(C)C1=O. The molecule has 1 N–H and O–H groups in total. The van der Waals surface area contributed by atoms with Crippen molar-refractivity contribution in [2.24, 2.45) is 12.5 Å². The zero-order chi connectivity index (χ0) is 11.9. The van der Waals surface area contributed by atoms with Gasteiger partial charge in [0.1, 0.15) is 0 Å². The van der Waals surface area contributed by atoms with Crippen LogP contribution in [-0.4, -0.2) is 29.3 Å². The van der Waals surface area contributed by atoms with Crippen molar-refractivity contribution < 1.29 is 4.79 Å². The summed E-state index contributed by atoms with van der Waals surface area (Å²) >= 11 is 0. The number of aromatic nitrogens is 2. The molecule has 1 aromatic rings. The van der Waals surface area contributed by atoms with Crippen LogP contribution in [0.3, 0.4) is 0 Å². The minimum Gasteiger partial charge on any atom is -0.384 e. The molecule has 2 rings (SSSR count). The molecule has 0 atom stereocenters. The van der Waals surface area contributed by atoms with Crippen LogP contribution in [0, 0.1) is 5.41 Å². The smallest absolute Gasteiger partial charge is 0.233 e. The van der Waals surface area contributed by atoms with E-state index >= 15 is 0 Å². The topological polar surface area (TPSA) is 50.2 Å². The third-order valence-electron chi connectivity index (χ3n) is 3.12. The first-order valence-electron chi connectivity index (χ1n) is 5.49. The second-order valence-electron chi connectivity index (χ2n) is 4.88. The number of hydrogen-bond acceptors (Lipinski definition) is 3. The molecule has 1 aromatic heterocycles. The second kappa shape index (κ2) is 3.50. The van der Waals surface area contributed by atoms with Gasteiger partial charge in [-0.25, -0.2) is 0 Å². The Labute approximate surface area is 95.4 Å². The summed E-state index contributed by atoms with van der Waals surface area (Å²) in [5.41, 5.74) is 0.635. The lowest BCUT2D eigenvalue weighted by molar-refractivity contribution is -0.124. The molecule has 1 aliphatic heterocycles. The van der Waals surface area contributed by atoms with E-state index in [0.29, 0.717) is 0 Å². The molecule has 16 heavy (non-hydrogen) atoms. The Hall–Kier alpha value is -1.52. The summed E-state index contributed by atoms with van der Waals surface area (Å²) in [4.78, 5) is 13.9. The van der Waals surface area contributed by atoms with Crippen LogP contribution in [0.5, 0.6) is 0 Å². The van der Waals surface area contributed by atoms with Crippen LogP contribution in [0.2, 0.25) is 0 Å². The van der Waals surface area contributed by atoms with Gasteiger partial charge in [0.15, 0.2) is 5.82 Å². The van der Waals surface area contributed by atoms with Crippen LogP contribution in [0.15, 0.2) is 6.20 Å². The first kappa shape index (κ1) is 11.0. The zero-order valence-electron chi connectivity index (χ0n) is 10.2. The largest absolute Gasteiger partial charge is 0.384 e. The Morgan fingerprint density at radius 3 is 2.69 bits per heavy atom. The number of aryl methyl sites for hydroxylation is 1. The molecule has 0 unspecified atom stereocenters. The monoisotopic (exact) mass is 222 g/mol. The van der Waals surface area contributed by atoms with Crippen LogP contribution in [0.1, 0.15) is 20.3 Å². The summed E-state index contributed by atoms with van der Waals surface area (Å²) in [5.74, 6) is 0.892. The molecule has 88 valence electrons. The van der Waals surface area contributed by atoms with Gasteiger partial charge < -0.3 is 5.32 Å². The molecule has 0 radical (unpaired) electrons. The molecule has 0 aromatic carbocycles. The van der Waals surface area contributed by atoms with Gasteiger partial charge >= 0.3 is 0 Å². The Morgan fingerprint density at radius 1 is 1.50 bits per heavy atom. The maximum absolute atomic E-state index is 12.2. The highest BCUT2D eigenvalue weighted by molar-refractivity contribution is 6.00. The van der Waals surface area contributed by atoms with E-state index in [4.69, 9.17) is 0 Å². The lowest BCUT2D eigenvalue weighted by Gasteiger charge is -2.18. The van der Waals surface area contributed by atoms with E-state index in [1.807, 2.05) is 34.1 Å². The van der Waals surface area contributed by atoms with E-state index in [1.54, 1.807) is 9.58 Å². The van der Waals surface area contributed by atoms with Gasteiger partial charge in [-0.3, -0.25) is 14.4 Å². The minimum absolute atomic E-state index is 0.155. The van der Waals surface area contributed by atoms with E-state index in [0.717, 1.165) is 24.5 Å². The van der Waals surface area contributed by atoms with Crippen molar-refractivity contribution in [2.45, 2.75) is 20.3 Å². The molecule has 0 bridgehead atoms. The quantitative estimate of drug-likeness (QED) is 0.818. The highest BCUT2D eigenvalue weighted by Crippen LogP contribution is 2.36. The lowest BCUT2D eigenvalue weighted by atomic mass is 9.92. The third-order valence-corrected chi connectivity index (χ3v) is 3.12. The van der Waals surface area contributed by atoms with E-state index in [9.17, 15) is 4.79 Å². The van der Waals surface area contributed by atoms with E-state index in [1.165, 1.54) is 0 Å². The van der Waals surface area contributed by atoms with E-state index in [-0.39, 0.29) is 11.3 Å². The summed E-state index contributed by atoms with van der Waals surface area (Å²) in [6, 6.07) is 0. The van der Waals surface area contributed by atoms with Crippen LogP contribution in [-0.2, 0) is 11.8 Å². The molecule has 0 aliphatic carbocycles. The average molecular weight is 222 g/mol. The van der Waals surface area contributed by atoms with Gasteiger partial charge in [-0.2, -0.15) is 5.10 Å². The van der Waals surface area contributed by atoms with Gasteiger partial charge in [0.25, 0.3) is 0 Å². The molecule has 5 heteroatoms. The van der Waals surface area contributed by atoms with Gasteiger partial charge in [0.05, 0.1) is 11.9 Å². The molecule has 5 nitrogen and oxygen atoms in total. The Bertz CT molecular complexity index is 422. The summed E-state index contributed by atoms with van der Waals surface area (Å²) in [6.07, 6.45) is 2.76. The van der Waals surface area contributed by atoms with Crippen molar-refractivity contribution in [2.75, 3.05) is 23.8 Å². The predicted octanol–water partition coefficient (Wildman–Crippen LogP) is 1.22. The number of rotatable bonds is 2. The molecular formula is C11H18N4O. The fourth-order valence-corrected chi connectivity index (χ4v) is 2.02. The molecule has 1 amide bonds. The number of hydrogen-bond donors (Lipinski definition) is 1. The van der Waals surface area contributed by atoms with Gasteiger partial charge in [-0.15, -0.1) is 0 Å². The van der Waals surface area contributed by atoms with Gasteiger partial charge in [-0.1, -0.05) is 13.8 Å². The highest BCUT2D eigenvalue weighted by Gasteiger charge is 2.40. The molecule has 1 fully saturated rings. The standard InChI is InChI=1S/C11H18N4O/c1-11(2)5-6-15(10(11)16)9-8(12-3)7-14(4)13-9/h7,12H,5-6H2,1-4H3. The van der Waals surface area contributed by atoms with E-state index < -0.39 is 0 Å². The molecular weight excluding hydrogens is 204 g/mol. The van der Waals surface area contributed by atoms with Crippen molar-refractivity contribution in [1.29, 1.82) is 0 Å². The number of anilines is 2. The number of amides is 1. The number of nitrogens with one attached hydrogen (secondary N) is 1.